The van der Waals surface area contributed by atoms with E-state index in [9.17, 15) is 0 Å². The van der Waals surface area contributed by atoms with E-state index in [1.165, 1.54) is 0 Å². The summed E-state index contributed by atoms with van der Waals surface area (Å²) < 4.78 is 5.63. The molecule has 100 valence electrons. The van der Waals surface area contributed by atoms with Gasteiger partial charge in [0.05, 0.1) is 0 Å². The topological polar surface area (TPSA) is 38.5 Å². The van der Waals surface area contributed by atoms with Crippen LogP contribution in [-0.4, -0.2) is 10.6 Å². The van der Waals surface area contributed by atoms with Crippen molar-refractivity contribution >= 4 is 5.69 Å². The fourth-order valence-electron chi connectivity index (χ4n) is 2.18. The Labute approximate surface area is 118 Å². The van der Waals surface area contributed by atoms with Crippen LogP contribution in [0.1, 0.15) is 19.3 Å². The van der Waals surface area contributed by atoms with E-state index >= 15 is 0 Å². The Bertz CT molecular complexity index is 612. The lowest BCUT2D eigenvalue weighted by Crippen LogP contribution is -2.41. The Kier molecular flexibility index (Phi) is 3.26. The molecule has 1 aromatic carbocycles. The van der Waals surface area contributed by atoms with E-state index < -0.39 is 0 Å². The molecule has 0 atom stereocenters. The standard InChI is InChI=1S/C16H15N3O/c1-17-16(10-4-11-16)19-13-6-8-14(9-7-13)20-15-5-2-3-12-18-15/h2-3,5-9,12,19H,4,10-11H2. The zero-order valence-corrected chi connectivity index (χ0v) is 11.0. The van der Waals surface area contributed by atoms with Crippen LogP contribution in [0.15, 0.2) is 48.7 Å². The van der Waals surface area contributed by atoms with Gasteiger partial charge >= 0.3 is 5.66 Å². The van der Waals surface area contributed by atoms with E-state index in [2.05, 4.69) is 15.1 Å². The van der Waals surface area contributed by atoms with E-state index in [1.807, 2.05) is 42.5 Å². The molecule has 1 aromatic heterocycles. The highest BCUT2D eigenvalue weighted by atomic mass is 16.5. The molecule has 0 spiro atoms. The number of benzene rings is 1. The predicted molar refractivity (Wildman–Crippen MR) is 77.6 cm³/mol. The second-order valence-corrected chi connectivity index (χ2v) is 4.92. The number of ether oxygens (including phenoxy) is 1. The largest absolute Gasteiger partial charge is 0.439 e. The molecule has 1 aliphatic carbocycles. The number of pyridine rings is 1. The fraction of sp³-hybridized carbons (Fsp3) is 0.250. The number of nitrogens with one attached hydrogen (secondary N) is 1. The molecule has 20 heavy (non-hydrogen) atoms. The van der Waals surface area contributed by atoms with Gasteiger partial charge in [0.2, 0.25) is 5.88 Å². The van der Waals surface area contributed by atoms with Crippen molar-refractivity contribution in [2.45, 2.75) is 24.9 Å². The molecule has 0 amide bonds. The summed E-state index contributed by atoms with van der Waals surface area (Å²) in [6.07, 6.45) is 4.66. The summed E-state index contributed by atoms with van der Waals surface area (Å²) in [6, 6.07) is 13.2. The van der Waals surface area contributed by atoms with Crippen LogP contribution in [0, 0.1) is 6.57 Å². The minimum Gasteiger partial charge on any atom is -0.439 e. The van der Waals surface area contributed by atoms with Crippen LogP contribution in [0.3, 0.4) is 0 Å². The molecule has 0 aliphatic heterocycles. The van der Waals surface area contributed by atoms with Crippen molar-refractivity contribution in [1.82, 2.24) is 4.98 Å². The average Bonchev–Trinajstić information content (AvgIpc) is 2.46. The third-order valence-electron chi connectivity index (χ3n) is 3.49. The maximum absolute atomic E-state index is 7.28. The zero-order chi connectivity index (χ0) is 13.8. The first-order valence-electron chi connectivity index (χ1n) is 6.65. The van der Waals surface area contributed by atoms with Crippen molar-refractivity contribution in [2.75, 3.05) is 5.32 Å². The molecule has 0 saturated heterocycles. The van der Waals surface area contributed by atoms with Crippen LogP contribution in [-0.2, 0) is 0 Å². The Morgan fingerprint density at radius 3 is 2.50 bits per heavy atom. The van der Waals surface area contributed by atoms with Crippen molar-refractivity contribution in [3.05, 3.63) is 60.1 Å². The van der Waals surface area contributed by atoms with Gasteiger partial charge in [-0.3, -0.25) is 4.85 Å². The summed E-state index contributed by atoms with van der Waals surface area (Å²) in [7, 11) is 0. The molecule has 1 N–H and O–H groups in total. The minimum absolute atomic E-state index is 0.386. The molecular weight excluding hydrogens is 250 g/mol. The minimum atomic E-state index is -0.386. The van der Waals surface area contributed by atoms with Gasteiger partial charge in [0.25, 0.3) is 0 Å². The van der Waals surface area contributed by atoms with Crippen LogP contribution < -0.4 is 10.1 Å². The maximum atomic E-state index is 7.28. The van der Waals surface area contributed by atoms with Gasteiger partial charge in [-0.15, -0.1) is 0 Å². The van der Waals surface area contributed by atoms with Crippen molar-refractivity contribution in [3.8, 4) is 11.6 Å². The molecular formula is C16H15N3O. The first kappa shape index (κ1) is 12.5. The lowest BCUT2D eigenvalue weighted by molar-refractivity contribution is 0.343. The number of anilines is 1. The summed E-state index contributed by atoms with van der Waals surface area (Å²) in [5, 5.41) is 3.31. The molecule has 1 heterocycles. The molecule has 0 bridgehead atoms. The summed E-state index contributed by atoms with van der Waals surface area (Å²) in [5.74, 6) is 1.31. The summed E-state index contributed by atoms with van der Waals surface area (Å²) in [4.78, 5) is 7.82. The Balaban J connectivity index is 1.67. The van der Waals surface area contributed by atoms with Gasteiger partial charge in [0.1, 0.15) is 5.75 Å². The van der Waals surface area contributed by atoms with Gasteiger partial charge in [-0.1, -0.05) is 6.07 Å². The van der Waals surface area contributed by atoms with Gasteiger partial charge < -0.3 is 10.1 Å². The van der Waals surface area contributed by atoms with E-state index in [-0.39, 0.29) is 5.66 Å². The molecule has 1 saturated carbocycles. The normalized spacial score (nSPS) is 15.8. The first-order chi connectivity index (χ1) is 9.80. The van der Waals surface area contributed by atoms with E-state index in [4.69, 9.17) is 11.3 Å². The highest BCUT2D eigenvalue weighted by Gasteiger charge is 2.43. The van der Waals surface area contributed by atoms with Crippen LogP contribution in [0.4, 0.5) is 5.69 Å². The first-order valence-corrected chi connectivity index (χ1v) is 6.65. The Morgan fingerprint density at radius 1 is 1.15 bits per heavy atom. The SMILES string of the molecule is [C-]#[N+]C1(Nc2ccc(Oc3ccccn3)cc2)CCC1. The lowest BCUT2D eigenvalue weighted by Gasteiger charge is -2.31. The quantitative estimate of drug-likeness (QED) is 0.846. The fourth-order valence-corrected chi connectivity index (χ4v) is 2.18. The van der Waals surface area contributed by atoms with Crippen LogP contribution in [0.2, 0.25) is 0 Å². The molecule has 3 rings (SSSR count). The average molecular weight is 265 g/mol. The maximum Gasteiger partial charge on any atom is 0.305 e. The van der Waals surface area contributed by atoms with E-state index in [1.54, 1.807) is 6.20 Å². The highest BCUT2D eigenvalue weighted by Crippen LogP contribution is 2.36. The highest BCUT2D eigenvalue weighted by molar-refractivity contribution is 5.50. The monoisotopic (exact) mass is 265 g/mol. The van der Waals surface area contributed by atoms with Crippen LogP contribution >= 0.6 is 0 Å². The molecule has 1 fully saturated rings. The van der Waals surface area contributed by atoms with E-state index in [0.29, 0.717) is 5.88 Å². The zero-order valence-electron chi connectivity index (χ0n) is 11.0. The third kappa shape index (κ3) is 2.57. The number of hydrogen-bond acceptors (Lipinski definition) is 3. The van der Waals surface area contributed by atoms with Gasteiger partial charge in [-0.25, -0.2) is 11.6 Å². The summed E-state index contributed by atoms with van der Waals surface area (Å²) in [6.45, 7) is 7.28. The van der Waals surface area contributed by atoms with Crippen molar-refractivity contribution in [1.29, 1.82) is 0 Å². The van der Waals surface area contributed by atoms with Gasteiger partial charge in [-0.05, 0) is 36.8 Å². The van der Waals surface area contributed by atoms with Crippen molar-refractivity contribution in [2.24, 2.45) is 0 Å². The molecule has 1 aliphatic rings. The van der Waals surface area contributed by atoms with E-state index in [0.717, 1.165) is 30.7 Å². The Morgan fingerprint density at radius 2 is 1.95 bits per heavy atom. The van der Waals surface area contributed by atoms with Gasteiger partial charge in [-0.2, -0.15) is 0 Å². The number of aromatic nitrogens is 1. The molecule has 4 nitrogen and oxygen atoms in total. The molecule has 2 aromatic rings. The number of nitrogens with zero attached hydrogens (tertiary/aromatic N) is 2. The van der Waals surface area contributed by atoms with Crippen molar-refractivity contribution < 1.29 is 4.74 Å². The van der Waals surface area contributed by atoms with Crippen LogP contribution in [0.25, 0.3) is 4.85 Å². The van der Waals surface area contributed by atoms with Gasteiger partial charge in [0.15, 0.2) is 0 Å². The third-order valence-corrected chi connectivity index (χ3v) is 3.49. The lowest BCUT2D eigenvalue weighted by atomic mass is 9.85. The molecule has 0 unspecified atom stereocenters. The second-order valence-electron chi connectivity index (χ2n) is 4.92. The number of hydrogen-bond donors (Lipinski definition) is 1. The predicted octanol–water partition coefficient (Wildman–Crippen LogP) is 4.09. The molecule has 4 heteroatoms. The van der Waals surface area contributed by atoms with Crippen LogP contribution in [0.5, 0.6) is 11.6 Å². The second kappa shape index (κ2) is 5.22. The smallest absolute Gasteiger partial charge is 0.305 e. The Hall–Kier alpha value is -2.54. The number of rotatable bonds is 4. The summed E-state index contributed by atoms with van der Waals surface area (Å²) >= 11 is 0. The molecule has 0 radical (unpaired) electrons. The van der Waals surface area contributed by atoms with Gasteiger partial charge in [0, 0.05) is 30.8 Å². The summed E-state index contributed by atoms with van der Waals surface area (Å²) in [5.41, 5.74) is 0.567. The van der Waals surface area contributed by atoms with Crippen molar-refractivity contribution in [3.63, 3.8) is 0 Å².